The van der Waals surface area contributed by atoms with Crippen LogP contribution in [0.4, 0.5) is 5.69 Å². The second kappa shape index (κ2) is 7.30. The third kappa shape index (κ3) is 3.94. The minimum absolute atomic E-state index is 0.104. The Morgan fingerprint density at radius 3 is 2.44 bits per heavy atom. The van der Waals surface area contributed by atoms with Crippen molar-refractivity contribution in [1.82, 2.24) is 0 Å². The molecular weight excluding hydrogens is 318 g/mol. The Labute approximate surface area is 146 Å². The van der Waals surface area contributed by atoms with Crippen molar-refractivity contribution in [3.8, 4) is 0 Å². The van der Waals surface area contributed by atoms with Crippen LogP contribution in [-0.2, 0) is 14.3 Å². The highest BCUT2D eigenvalue weighted by atomic mass is 16.5. The summed E-state index contributed by atoms with van der Waals surface area (Å²) in [5.41, 5.74) is 2.32. The molecule has 0 saturated carbocycles. The van der Waals surface area contributed by atoms with Crippen LogP contribution < -0.4 is 4.90 Å². The van der Waals surface area contributed by atoms with E-state index in [1.807, 2.05) is 49.4 Å². The minimum atomic E-state index is -0.543. The highest BCUT2D eigenvalue weighted by Crippen LogP contribution is 2.25. The first kappa shape index (κ1) is 16.9. The van der Waals surface area contributed by atoms with Gasteiger partial charge in [-0.05, 0) is 19.1 Å². The summed E-state index contributed by atoms with van der Waals surface area (Å²) >= 11 is 0. The third-order valence-corrected chi connectivity index (χ3v) is 4.25. The van der Waals surface area contributed by atoms with E-state index in [4.69, 9.17) is 4.74 Å². The lowest BCUT2D eigenvalue weighted by Crippen LogP contribution is -2.27. The SMILES string of the molecule is Cc1ccc(C(=O)COC(=O)C2CC(=O)N(c3ccccc3)C2)cc1. The minimum Gasteiger partial charge on any atom is -0.457 e. The number of carbonyl (C=O) groups excluding carboxylic acids is 3. The van der Waals surface area contributed by atoms with Crippen molar-refractivity contribution < 1.29 is 19.1 Å². The number of carbonyl (C=O) groups is 3. The van der Waals surface area contributed by atoms with Crippen molar-refractivity contribution in [1.29, 1.82) is 0 Å². The fourth-order valence-corrected chi connectivity index (χ4v) is 2.80. The van der Waals surface area contributed by atoms with Crippen molar-refractivity contribution in [2.75, 3.05) is 18.1 Å². The second-order valence-electron chi connectivity index (χ2n) is 6.14. The lowest BCUT2D eigenvalue weighted by molar-refractivity contribution is -0.147. The van der Waals surface area contributed by atoms with Gasteiger partial charge < -0.3 is 9.64 Å². The quantitative estimate of drug-likeness (QED) is 0.622. The predicted molar refractivity (Wildman–Crippen MR) is 93.4 cm³/mol. The maximum absolute atomic E-state index is 12.2. The number of aryl methyl sites for hydroxylation is 1. The lowest BCUT2D eigenvalue weighted by Gasteiger charge is -2.16. The number of esters is 1. The summed E-state index contributed by atoms with van der Waals surface area (Å²) in [5, 5.41) is 0. The van der Waals surface area contributed by atoms with Gasteiger partial charge in [-0.15, -0.1) is 0 Å². The van der Waals surface area contributed by atoms with E-state index in [1.54, 1.807) is 17.0 Å². The largest absolute Gasteiger partial charge is 0.457 e. The molecule has 1 aliphatic rings. The van der Waals surface area contributed by atoms with Crippen LogP contribution in [-0.4, -0.2) is 30.8 Å². The Bertz CT molecular complexity index is 783. The van der Waals surface area contributed by atoms with Crippen LogP contribution in [0.1, 0.15) is 22.3 Å². The summed E-state index contributed by atoms with van der Waals surface area (Å²) in [6.07, 6.45) is 0.104. The molecule has 0 N–H and O–H groups in total. The zero-order chi connectivity index (χ0) is 17.8. The summed E-state index contributed by atoms with van der Waals surface area (Å²) in [4.78, 5) is 38.0. The van der Waals surface area contributed by atoms with Crippen LogP contribution in [0.2, 0.25) is 0 Å². The molecule has 0 radical (unpaired) electrons. The van der Waals surface area contributed by atoms with E-state index in [0.717, 1.165) is 11.3 Å². The summed E-state index contributed by atoms with van der Waals surface area (Å²) in [5.74, 6) is -1.42. The van der Waals surface area contributed by atoms with Crippen LogP contribution in [0.25, 0.3) is 0 Å². The summed E-state index contributed by atoms with van der Waals surface area (Å²) in [6.45, 7) is 1.90. The molecule has 1 saturated heterocycles. The predicted octanol–water partition coefficient (Wildman–Crippen LogP) is 2.77. The Hall–Kier alpha value is -2.95. The maximum Gasteiger partial charge on any atom is 0.311 e. The van der Waals surface area contributed by atoms with Gasteiger partial charge in [-0.1, -0.05) is 48.0 Å². The number of hydrogen-bond donors (Lipinski definition) is 0. The van der Waals surface area contributed by atoms with Gasteiger partial charge in [0.1, 0.15) is 0 Å². The number of rotatable bonds is 5. The highest BCUT2D eigenvalue weighted by Gasteiger charge is 2.36. The molecule has 25 heavy (non-hydrogen) atoms. The van der Waals surface area contributed by atoms with E-state index in [9.17, 15) is 14.4 Å². The normalized spacial score (nSPS) is 16.8. The zero-order valence-electron chi connectivity index (χ0n) is 14.0. The van der Waals surface area contributed by atoms with Crippen molar-refractivity contribution in [3.63, 3.8) is 0 Å². The molecule has 5 heteroatoms. The number of ether oxygens (including phenoxy) is 1. The molecule has 128 valence electrons. The van der Waals surface area contributed by atoms with Gasteiger partial charge in [-0.2, -0.15) is 0 Å². The Balaban J connectivity index is 1.56. The first-order chi connectivity index (χ1) is 12.0. The van der Waals surface area contributed by atoms with Crippen LogP contribution in [0.5, 0.6) is 0 Å². The first-order valence-electron chi connectivity index (χ1n) is 8.16. The molecule has 1 fully saturated rings. The van der Waals surface area contributed by atoms with Gasteiger partial charge >= 0.3 is 5.97 Å². The summed E-state index contributed by atoms with van der Waals surface area (Å²) in [6, 6.07) is 16.3. The number of anilines is 1. The van der Waals surface area contributed by atoms with Crippen LogP contribution in [0.3, 0.4) is 0 Å². The molecule has 5 nitrogen and oxygen atoms in total. The maximum atomic E-state index is 12.2. The van der Waals surface area contributed by atoms with Gasteiger partial charge in [0.05, 0.1) is 5.92 Å². The molecule has 0 aliphatic carbocycles. The van der Waals surface area contributed by atoms with Gasteiger partial charge in [0.2, 0.25) is 5.91 Å². The number of ketones is 1. The van der Waals surface area contributed by atoms with E-state index < -0.39 is 11.9 Å². The van der Waals surface area contributed by atoms with Crippen molar-refractivity contribution in [3.05, 3.63) is 65.7 Å². The topological polar surface area (TPSA) is 63.7 Å². The van der Waals surface area contributed by atoms with E-state index in [2.05, 4.69) is 0 Å². The van der Waals surface area contributed by atoms with Crippen LogP contribution in [0.15, 0.2) is 54.6 Å². The molecule has 0 bridgehead atoms. The van der Waals surface area contributed by atoms with Gasteiger partial charge in [0, 0.05) is 24.2 Å². The Morgan fingerprint density at radius 2 is 1.76 bits per heavy atom. The van der Waals surface area contributed by atoms with Crippen LogP contribution in [0, 0.1) is 12.8 Å². The number of nitrogens with zero attached hydrogens (tertiary/aromatic N) is 1. The Kier molecular flexibility index (Phi) is 4.93. The smallest absolute Gasteiger partial charge is 0.311 e. The van der Waals surface area contributed by atoms with Gasteiger partial charge in [0.25, 0.3) is 0 Å². The summed E-state index contributed by atoms with van der Waals surface area (Å²) < 4.78 is 5.14. The molecular formula is C20H19NO4. The number of benzene rings is 2. The fourth-order valence-electron chi connectivity index (χ4n) is 2.80. The third-order valence-electron chi connectivity index (χ3n) is 4.25. The molecule has 1 unspecified atom stereocenters. The first-order valence-corrected chi connectivity index (χ1v) is 8.16. The molecule has 3 rings (SSSR count). The molecule has 1 atom stereocenters. The number of Topliss-reactive ketones (excluding diaryl/α,β-unsaturated/α-hetero) is 1. The monoisotopic (exact) mass is 337 g/mol. The van der Waals surface area contributed by atoms with Crippen molar-refractivity contribution in [2.24, 2.45) is 5.92 Å². The highest BCUT2D eigenvalue weighted by molar-refractivity contribution is 6.01. The molecule has 1 heterocycles. The molecule has 1 aliphatic heterocycles. The number of para-hydroxylation sites is 1. The average molecular weight is 337 g/mol. The average Bonchev–Trinajstić information content (AvgIpc) is 3.02. The zero-order valence-corrected chi connectivity index (χ0v) is 14.0. The molecule has 1 amide bonds. The molecule has 2 aromatic rings. The second-order valence-corrected chi connectivity index (χ2v) is 6.14. The van der Waals surface area contributed by atoms with E-state index in [1.165, 1.54) is 0 Å². The van der Waals surface area contributed by atoms with Crippen molar-refractivity contribution in [2.45, 2.75) is 13.3 Å². The van der Waals surface area contributed by atoms with Gasteiger partial charge in [0.15, 0.2) is 12.4 Å². The van der Waals surface area contributed by atoms with E-state index in [-0.39, 0.29) is 31.3 Å². The Morgan fingerprint density at radius 1 is 1.08 bits per heavy atom. The van der Waals surface area contributed by atoms with E-state index in [0.29, 0.717) is 5.56 Å². The number of hydrogen-bond acceptors (Lipinski definition) is 4. The fraction of sp³-hybridized carbons (Fsp3) is 0.250. The summed E-state index contributed by atoms with van der Waals surface area (Å²) in [7, 11) is 0. The van der Waals surface area contributed by atoms with Gasteiger partial charge in [-0.3, -0.25) is 14.4 Å². The van der Waals surface area contributed by atoms with Crippen LogP contribution >= 0.6 is 0 Å². The van der Waals surface area contributed by atoms with Gasteiger partial charge in [-0.25, -0.2) is 0 Å². The van der Waals surface area contributed by atoms with E-state index >= 15 is 0 Å². The molecule has 2 aromatic carbocycles. The molecule has 0 spiro atoms. The van der Waals surface area contributed by atoms with Crippen molar-refractivity contribution >= 4 is 23.3 Å². The molecule has 0 aromatic heterocycles. The standard InChI is InChI=1S/C20H19NO4/c1-14-7-9-15(10-8-14)18(22)13-25-20(24)16-11-19(23)21(12-16)17-5-3-2-4-6-17/h2-10,16H,11-13H2,1H3. The lowest BCUT2D eigenvalue weighted by atomic mass is 10.1. The number of amides is 1.